The quantitative estimate of drug-likeness (QED) is 0.752. The van der Waals surface area contributed by atoms with Crippen molar-refractivity contribution in [2.75, 3.05) is 5.32 Å². The predicted molar refractivity (Wildman–Crippen MR) is 98.8 cm³/mol. The van der Waals surface area contributed by atoms with Crippen LogP contribution in [0.1, 0.15) is 17.3 Å². The molecule has 2 amide bonds. The molecule has 0 aliphatic carbocycles. The van der Waals surface area contributed by atoms with Crippen molar-refractivity contribution in [3.05, 3.63) is 71.5 Å². The molecule has 25 heavy (non-hydrogen) atoms. The molecule has 3 aromatic rings. The highest BCUT2D eigenvalue weighted by atomic mass is 35.5. The number of anilines is 1. The third-order valence-electron chi connectivity index (χ3n) is 3.80. The van der Waals surface area contributed by atoms with Crippen LogP contribution in [-0.2, 0) is 4.79 Å². The maximum Gasteiger partial charge on any atom is 0.253 e. The summed E-state index contributed by atoms with van der Waals surface area (Å²) in [4.78, 5) is 28.8. The molecule has 3 rings (SSSR count). The van der Waals surface area contributed by atoms with Crippen LogP contribution in [0.25, 0.3) is 10.8 Å². The zero-order valence-electron chi connectivity index (χ0n) is 13.5. The Morgan fingerprint density at radius 2 is 1.88 bits per heavy atom. The Hall–Kier alpha value is -2.92. The SMILES string of the molecule is CC(NC(=O)c1ccccc1Cl)C(=O)Nc1cccc2cnccc12. The van der Waals surface area contributed by atoms with Crippen LogP contribution < -0.4 is 10.6 Å². The van der Waals surface area contributed by atoms with E-state index in [0.717, 1.165) is 10.8 Å². The molecule has 0 aliphatic heterocycles. The number of nitrogens with zero attached hydrogens (tertiary/aromatic N) is 1. The number of fused-ring (bicyclic) bond motifs is 1. The zero-order valence-corrected chi connectivity index (χ0v) is 14.2. The van der Waals surface area contributed by atoms with Gasteiger partial charge in [0, 0.05) is 28.9 Å². The summed E-state index contributed by atoms with van der Waals surface area (Å²) >= 11 is 6.01. The molecular formula is C19H16ClN3O2. The number of aromatic nitrogens is 1. The lowest BCUT2D eigenvalue weighted by Crippen LogP contribution is -2.41. The molecular weight excluding hydrogens is 338 g/mol. The van der Waals surface area contributed by atoms with Gasteiger partial charge in [-0.05, 0) is 31.2 Å². The molecule has 0 bridgehead atoms. The molecule has 2 aromatic carbocycles. The Kier molecular flexibility index (Phi) is 4.95. The number of nitrogens with one attached hydrogen (secondary N) is 2. The number of pyridine rings is 1. The van der Waals surface area contributed by atoms with Gasteiger partial charge in [0.15, 0.2) is 0 Å². The summed E-state index contributed by atoms with van der Waals surface area (Å²) in [5.74, 6) is -0.708. The van der Waals surface area contributed by atoms with Gasteiger partial charge in [0.1, 0.15) is 6.04 Å². The van der Waals surface area contributed by atoms with Gasteiger partial charge in [-0.2, -0.15) is 0 Å². The van der Waals surface area contributed by atoms with Gasteiger partial charge in [-0.1, -0.05) is 35.9 Å². The van der Waals surface area contributed by atoms with Crippen LogP contribution in [0, 0.1) is 0 Å². The fourth-order valence-electron chi connectivity index (χ4n) is 2.46. The summed E-state index contributed by atoms with van der Waals surface area (Å²) < 4.78 is 0. The fraction of sp³-hybridized carbons (Fsp3) is 0.105. The highest BCUT2D eigenvalue weighted by Gasteiger charge is 2.18. The second-order valence-corrected chi connectivity index (χ2v) is 5.97. The van der Waals surface area contributed by atoms with Gasteiger partial charge in [-0.25, -0.2) is 0 Å². The molecule has 0 fully saturated rings. The number of hydrogen-bond donors (Lipinski definition) is 2. The van der Waals surface area contributed by atoms with Crippen molar-refractivity contribution in [1.82, 2.24) is 10.3 Å². The number of amides is 2. The maximum atomic E-state index is 12.4. The number of rotatable bonds is 4. The molecule has 0 saturated heterocycles. The number of carbonyl (C=O) groups excluding carboxylic acids is 2. The summed E-state index contributed by atoms with van der Waals surface area (Å²) in [5, 5.41) is 7.65. The number of carbonyl (C=O) groups is 2. The van der Waals surface area contributed by atoms with E-state index in [4.69, 9.17) is 11.6 Å². The van der Waals surface area contributed by atoms with Crippen molar-refractivity contribution in [2.24, 2.45) is 0 Å². The standard InChI is InChI=1S/C19H16ClN3O2/c1-12(22-19(25)15-6-2-3-7-16(15)20)18(24)23-17-8-4-5-13-11-21-10-9-14(13)17/h2-12H,1H3,(H,22,25)(H,23,24). The van der Waals surface area contributed by atoms with Crippen LogP contribution in [0.4, 0.5) is 5.69 Å². The molecule has 126 valence electrons. The Labute approximate surface area is 150 Å². The van der Waals surface area contributed by atoms with Crippen molar-refractivity contribution in [3.63, 3.8) is 0 Å². The van der Waals surface area contributed by atoms with E-state index in [0.29, 0.717) is 16.3 Å². The number of benzene rings is 2. The highest BCUT2D eigenvalue weighted by molar-refractivity contribution is 6.33. The van der Waals surface area contributed by atoms with E-state index >= 15 is 0 Å². The Bertz CT molecular complexity index is 937. The summed E-state index contributed by atoms with van der Waals surface area (Å²) in [6.07, 6.45) is 3.40. The van der Waals surface area contributed by atoms with Crippen molar-refractivity contribution in [2.45, 2.75) is 13.0 Å². The van der Waals surface area contributed by atoms with E-state index in [1.165, 1.54) is 0 Å². The van der Waals surface area contributed by atoms with Crippen LogP contribution in [0.3, 0.4) is 0 Å². The molecule has 6 heteroatoms. The minimum atomic E-state index is -0.721. The molecule has 0 spiro atoms. The number of hydrogen-bond acceptors (Lipinski definition) is 3. The fourth-order valence-corrected chi connectivity index (χ4v) is 2.68. The Balaban J connectivity index is 1.72. The predicted octanol–water partition coefficient (Wildman–Crippen LogP) is 3.65. The molecule has 2 N–H and O–H groups in total. The molecule has 0 aliphatic rings. The summed E-state index contributed by atoms with van der Waals surface area (Å²) in [6, 6.07) is 13.4. The van der Waals surface area contributed by atoms with Crippen LogP contribution in [0.15, 0.2) is 60.9 Å². The van der Waals surface area contributed by atoms with E-state index in [9.17, 15) is 9.59 Å². The van der Waals surface area contributed by atoms with Gasteiger partial charge >= 0.3 is 0 Å². The molecule has 1 heterocycles. The molecule has 0 saturated carbocycles. The Morgan fingerprint density at radius 1 is 1.08 bits per heavy atom. The average Bonchev–Trinajstić information content (AvgIpc) is 2.62. The van der Waals surface area contributed by atoms with Crippen LogP contribution in [0.5, 0.6) is 0 Å². The van der Waals surface area contributed by atoms with Gasteiger partial charge in [-0.3, -0.25) is 14.6 Å². The van der Waals surface area contributed by atoms with Gasteiger partial charge in [-0.15, -0.1) is 0 Å². The van der Waals surface area contributed by atoms with Gasteiger partial charge in [0.2, 0.25) is 5.91 Å². The normalized spacial score (nSPS) is 11.8. The lowest BCUT2D eigenvalue weighted by molar-refractivity contribution is -0.117. The minimum Gasteiger partial charge on any atom is -0.340 e. The van der Waals surface area contributed by atoms with E-state index in [1.807, 2.05) is 24.3 Å². The van der Waals surface area contributed by atoms with E-state index in [2.05, 4.69) is 15.6 Å². The first-order valence-corrected chi connectivity index (χ1v) is 8.13. The average molecular weight is 354 g/mol. The first-order chi connectivity index (χ1) is 12.1. The van der Waals surface area contributed by atoms with Gasteiger partial charge < -0.3 is 10.6 Å². The molecule has 1 atom stereocenters. The molecule has 1 aromatic heterocycles. The maximum absolute atomic E-state index is 12.4. The molecule has 0 radical (unpaired) electrons. The largest absolute Gasteiger partial charge is 0.340 e. The minimum absolute atomic E-state index is 0.315. The van der Waals surface area contributed by atoms with Crippen LogP contribution in [0.2, 0.25) is 5.02 Å². The van der Waals surface area contributed by atoms with E-state index in [1.54, 1.807) is 43.6 Å². The second kappa shape index (κ2) is 7.32. The van der Waals surface area contributed by atoms with E-state index < -0.39 is 11.9 Å². The van der Waals surface area contributed by atoms with Crippen molar-refractivity contribution in [3.8, 4) is 0 Å². The zero-order chi connectivity index (χ0) is 17.8. The lowest BCUT2D eigenvalue weighted by Gasteiger charge is -2.15. The molecule has 5 nitrogen and oxygen atoms in total. The second-order valence-electron chi connectivity index (χ2n) is 5.57. The first-order valence-electron chi connectivity index (χ1n) is 7.75. The lowest BCUT2D eigenvalue weighted by atomic mass is 10.1. The van der Waals surface area contributed by atoms with Gasteiger partial charge in [0.25, 0.3) is 5.91 Å². The van der Waals surface area contributed by atoms with Gasteiger partial charge in [0.05, 0.1) is 10.6 Å². The third-order valence-corrected chi connectivity index (χ3v) is 4.13. The number of halogens is 1. The van der Waals surface area contributed by atoms with Crippen LogP contribution in [-0.4, -0.2) is 22.8 Å². The summed E-state index contributed by atoms with van der Waals surface area (Å²) in [5.41, 5.74) is 1.00. The smallest absolute Gasteiger partial charge is 0.253 e. The summed E-state index contributed by atoms with van der Waals surface area (Å²) in [7, 11) is 0. The summed E-state index contributed by atoms with van der Waals surface area (Å²) in [6.45, 7) is 1.62. The van der Waals surface area contributed by atoms with Crippen molar-refractivity contribution in [1.29, 1.82) is 0 Å². The van der Waals surface area contributed by atoms with Crippen LogP contribution >= 0.6 is 11.6 Å². The monoisotopic (exact) mass is 353 g/mol. The topological polar surface area (TPSA) is 71.1 Å². The Morgan fingerprint density at radius 3 is 2.68 bits per heavy atom. The van der Waals surface area contributed by atoms with E-state index in [-0.39, 0.29) is 5.91 Å². The highest BCUT2D eigenvalue weighted by Crippen LogP contribution is 2.22. The third kappa shape index (κ3) is 3.78. The van der Waals surface area contributed by atoms with Crippen molar-refractivity contribution >= 4 is 39.9 Å². The van der Waals surface area contributed by atoms with Crippen molar-refractivity contribution < 1.29 is 9.59 Å². The molecule has 1 unspecified atom stereocenters. The first kappa shape index (κ1) is 16.9.